The molecule has 0 saturated carbocycles. The molecule has 7 nitrogen and oxygen atoms in total. The minimum Gasteiger partial charge on any atom is -0.504 e. The van der Waals surface area contributed by atoms with Gasteiger partial charge in [0.1, 0.15) is 0 Å². The highest BCUT2D eigenvalue weighted by Gasteiger charge is 2.44. The second kappa shape index (κ2) is 8.92. The lowest BCUT2D eigenvalue weighted by molar-refractivity contribution is -0.118. The van der Waals surface area contributed by atoms with Gasteiger partial charge >= 0.3 is 0 Å². The molecule has 1 atom stereocenters. The van der Waals surface area contributed by atoms with E-state index in [0.717, 1.165) is 0 Å². The lowest BCUT2D eigenvalue weighted by Crippen LogP contribution is -2.31. The van der Waals surface area contributed by atoms with Gasteiger partial charge < -0.3 is 14.9 Å². The molecule has 1 aliphatic rings. The Bertz CT molecular complexity index is 1080. The average Bonchev–Trinajstić information content (AvgIpc) is 3.00. The van der Waals surface area contributed by atoms with Crippen LogP contribution in [0.5, 0.6) is 11.5 Å². The summed E-state index contributed by atoms with van der Waals surface area (Å²) in [6, 6.07) is 12.0. The molecule has 1 unspecified atom stereocenters. The Hall–Kier alpha value is -3.79. The first kappa shape index (κ1) is 21.9. The van der Waals surface area contributed by atoms with Gasteiger partial charge in [-0.05, 0) is 54.8 Å². The van der Waals surface area contributed by atoms with Crippen molar-refractivity contribution < 1.29 is 24.5 Å². The number of Topliss-reactive ketones (excluding diaryl/α,β-unsaturated/α-hetero) is 1. The Balaban J connectivity index is 2.17. The van der Waals surface area contributed by atoms with Crippen LogP contribution in [0, 0.1) is 17.2 Å². The van der Waals surface area contributed by atoms with E-state index in [1.54, 1.807) is 43.3 Å². The molecule has 0 fully saturated rings. The SMILES string of the molecule is CCOc1cc(C2C(C(=O)CC(C)C)=C(O)C(=O)N2c2ccc(C#N)cc2)ccc1O. The van der Waals surface area contributed by atoms with Crippen molar-refractivity contribution >= 4 is 17.4 Å². The van der Waals surface area contributed by atoms with Gasteiger partial charge in [-0.25, -0.2) is 0 Å². The number of nitrogens with zero attached hydrogens (tertiary/aromatic N) is 2. The Morgan fingerprint density at radius 1 is 1.19 bits per heavy atom. The van der Waals surface area contributed by atoms with Crippen molar-refractivity contribution in [3.8, 4) is 17.6 Å². The van der Waals surface area contributed by atoms with E-state index in [2.05, 4.69) is 0 Å². The number of nitriles is 1. The van der Waals surface area contributed by atoms with Crippen LogP contribution >= 0.6 is 0 Å². The van der Waals surface area contributed by atoms with Crippen LogP contribution in [0.4, 0.5) is 5.69 Å². The fourth-order valence-electron chi connectivity index (χ4n) is 3.62. The number of aliphatic hydroxyl groups is 1. The number of benzene rings is 2. The van der Waals surface area contributed by atoms with E-state index in [4.69, 9.17) is 10.00 Å². The Kier molecular flexibility index (Phi) is 6.30. The van der Waals surface area contributed by atoms with Gasteiger partial charge in [-0.1, -0.05) is 19.9 Å². The zero-order valence-electron chi connectivity index (χ0n) is 17.6. The number of hydrogen-bond acceptors (Lipinski definition) is 6. The van der Waals surface area contributed by atoms with Gasteiger partial charge in [0.25, 0.3) is 5.91 Å². The minimum absolute atomic E-state index is 0.0104. The molecule has 0 aliphatic carbocycles. The van der Waals surface area contributed by atoms with Crippen molar-refractivity contribution in [2.45, 2.75) is 33.2 Å². The zero-order valence-corrected chi connectivity index (χ0v) is 17.6. The number of amides is 1. The quantitative estimate of drug-likeness (QED) is 0.695. The third-order valence-corrected chi connectivity index (χ3v) is 4.98. The third-order valence-electron chi connectivity index (χ3n) is 4.98. The molecule has 2 N–H and O–H groups in total. The van der Waals surface area contributed by atoms with Gasteiger partial charge in [0.05, 0.1) is 29.9 Å². The Morgan fingerprint density at radius 3 is 2.45 bits per heavy atom. The summed E-state index contributed by atoms with van der Waals surface area (Å²) in [5.74, 6) is -1.43. The van der Waals surface area contributed by atoms with E-state index >= 15 is 0 Å². The molecule has 0 saturated heterocycles. The number of phenolic OH excluding ortho intramolecular Hbond substituents is 1. The van der Waals surface area contributed by atoms with E-state index in [1.165, 1.54) is 11.0 Å². The molecular weight excluding hydrogens is 396 g/mol. The van der Waals surface area contributed by atoms with Crippen LogP contribution in [-0.4, -0.2) is 28.5 Å². The summed E-state index contributed by atoms with van der Waals surface area (Å²) in [6.45, 7) is 5.86. The molecule has 1 heterocycles. The number of anilines is 1. The number of ether oxygens (including phenoxy) is 1. The minimum atomic E-state index is -0.897. The summed E-state index contributed by atoms with van der Waals surface area (Å²) in [7, 11) is 0. The smallest absolute Gasteiger partial charge is 0.294 e. The lowest BCUT2D eigenvalue weighted by atomic mass is 9.91. The molecule has 2 aromatic carbocycles. The van der Waals surface area contributed by atoms with Crippen molar-refractivity contribution in [2.24, 2.45) is 5.92 Å². The van der Waals surface area contributed by atoms with Crippen LogP contribution in [0.25, 0.3) is 0 Å². The summed E-state index contributed by atoms with van der Waals surface area (Å²) in [5.41, 5.74) is 1.37. The van der Waals surface area contributed by atoms with Gasteiger partial charge in [-0.3, -0.25) is 14.5 Å². The second-order valence-electron chi connectivity index (χ2n) is 7.68. The van der Waals surface area contributed by atoms with Crippen LogP contribution < -0.4 is 9.64 Å². The van der Waals surface area contributed by atoms with Crippen molar-refractivity contribution in [3.63, 3.8) is 0 Å². The highest BCUT2D eigenvalue weighted by Crippen LogP contribution is 2.43. The predicted octanol–water partition coefficient (Wildman–Crippen LogP) is 4.18. The van der Waals surface area contributed by atoms with Crippen LogP contribution in [0.1, 0.15) is 44.4 Å². The molecule has 3 rings (SSSR count). The van der Waals surface area contributed by atoms with E-state index in [0.29, 0.717) is 23.4 Å². The maximum Gasteiger partial charge on any atom is 0.294 e. The maximum absolute atomic E-state index is 13.0. The maximum atomic E-state index is 13.0. The fourth-order valence-corrected chi connectivity index (χ4v) is 3.62. The van der Waals surface area contributed by atoms with Crippen LogP contribution in [0.3, 0.4) is 0 Å². The van der Waals surface area contributed by atoms with Crippen molar-refractivity contribution in [2.75, 3.05) is 11.5 Å². The van der Waals surface area contributed by atoms with E-state index < -0.39 is 17.7 Å². The summed E-state index contributed by atoms with van der Waals surface area (Å²) in [4.78, 5) is 27.4. The number of aromatic hydroxyl groups is 1. The van der Waals surface area contributed by atoms with Crippen LogP contribution in [0.15, 0.2) is 53.8 Å². The number of phenols is 1. The van der Waals surface area contributed by atoms with E-state index in [-0.39, 0.29) is 35.2 Å². The highest BCUT2D eigenvalue weighted by atomic mass is 16.5. The molecule has 160 valence electrons. The first-order valence-corrected chi connectivity index (χ1v) is 10.0. The van der Waals surface area contributed by atoms with Gasteiger partial charge in [0.2, 0.25) is 0 Å². The summed E-state index contributed by atoms with van der Waals surface area (Å²) in [5, 5.41) is 29.8. The molecule has 0 spiro atoms. The van der Waals surface area contributed by atoms with Crippen molar-refractivity contribution in [1.29, 1.82) is 5.26 Å². The molecule has 7 heteroatoms. The Morgan fingerprint density at radius 2 is 1.87 bits per heavy atom. The first-order valence-electron chi connectivity index (χ1n) is 10.0. The molecule has 2 aromatic rings. The highest BCUT2D eigenvalue weighted by molar-refractivity contribution is 6.16. The zero-order chi connectivity index (χ0) is 22.7. The standard InChI is InChI=1S/C24H24N2O5/c1-4-31-20-12-16(7-10-18(20)27)22-21(19(28)11-14(2)3)23(29)24(30)26(22)17-8-5-15(13-25)6-9-17/h5-10,12,14,22,27,29H,4,11H2,1-3H3. The van der Waals surface area contributed by atoms with Gasteiger partial charge in [0.15, 0.2) is 23.0 Å². The van der Waals surface area contributed by atoms with Crippen molar-refractivity contribution in [3.05, 3.63) is 64.9 Å². The summed E-state index contributed by atoms with van der Waals surface area (Å²) < 4.78 is 5.47. The first-order chi connectivity index (χ1) is 14.8. The molecule has 0 bridgehead atoms. The van der Waals surface area contributed by atoms with Gasteiger partial charge in [-0.15, -0.1) is 0 Å². The number of carbonyl (C=O) groups is 2. The van der Waals surface area contributed by atoms with E-state index in [1.807, 2.05) is 19.9 Å². The summed E-state index contributed by atoms with van der Waals surface area (Å²) >= 11 is 0. The normalized spacial score (nSPS) is 16.0. The molecule has 31 heavy (non-hydrogen) atoms. The number of aliphatic hydroxyl groups excluding tert-OH is 1. The molecule has 1 aliphatic heterocycles. The third kappa shape index (κ3) is 4.24. The van der Waals surface area contributed by atoms with E-state index in [9.17, 15) is 19.8 Å². The number of rotatable bonds is 7. The lowest BCUT2D eigenvalue weighted by Gasteiger charge is -2.27. The monoisotopic (exact) mass is 420 g/mol. The topological polar surface area (TPSA) is 111 Å². The van der Waals surface area contributed by atoms with Crippen LogP contribution in [0.2, 0.25) is 0 Å². The average molecular weight is 420 g/mol. The Labute approximate surface area is 180 Å². The molecule has 0 aromatic heterocycles. The number of hydrogen-bond donors (Lipinski definition) is 2. The van der Waals surface area contributed by atoms with Crippen LogP contribution in [-0.2, 0) is 9.59 Å². The van der Waals surface area contributed by atoms with Crippen molar-refractivity contribution in [1.82, 2.24) is 0 Å². The van der Waals surface area contributed by atoms with Gasteiger partial charge in [-0.2, -0.15) is 5.26 Å². The second-order valence-corrected chi connectivity index (χ2v) is 7.68. The molecular formula is C24H24N2O5. The molecule has 1 amide bonds. The van der Waals surface area contributed by atoms with Gasteiger partial charge in [0, 0.05) is 12.1 Å². The number of carbonyl (C=O) groups excluding carboxylic acids is 2. The predicted molar refractivity (Wildman–Crippen MR) is 115 cm³/mol. The largest absolute Gasteiger partial charge is 0.504 e. The summed E-state index contributed by atoms with van der Waals surface area (Å²) in [6.07, 6.45) is 0.167. The number of ketones is 1. The molecule has 0 radical (unpaired) electrons. The fraction of sp³-hybridized carbons (Fsp3) is 0.292.